The molecule has 2 rings (SSSR count). The molecule has 0 aliphatic heterocycles. The summed E-state index contributed by atoms with van der Waals surface area (Å²) in [5.74, 6) is -0.731. The van der Waals surface area contributed by atoms with Gasteiger partial charge in [0.2, 0.25) is 0 Å². The van der Waals surface area contributed by atoms with Crippen LogP contribution in [0.5, 0.6) is 0 Å². The molecule has 2 aromatic rings. The zero-order chi connectivity index (χ0) is 21.2. The Hall–Kier alpha value is -2.41. The van der Waals surface area contributed by atoms with Gasteiger partial charge in [-0.05, 0) is 74.2 Å². The molecule has 0 radical (unpaired) electrons. The number of amides is 1. The number of nitrogens with one attached hydrogen (secondary N) is 2. The highest BCUT2D eigenvalue weighted by molar-refractivity contribution is 7.92. The van der Waals surface area contributed by atoms with Gasteiger partial charge >= 0.3 is 0 Å². The summed E-state index contributed by atoms with van der Waals surface area (Å²) >= 11 is 0. The maximum absolute atomic E-state index is 13.0. The van der Waals surface area contributed by atoms with Crippen molar-refractivity contribution in [2.45, 2.75) is 51.5 Å². The fourth-order valence-electron chi connectivity index (χ4n) is 3.27. The maximum Gasteiger partial charge on any atom is 0.261 e. The molecule has 0 unspecified atom stereocenters. The molecular weight excluding hydrogens is 379 g/mol. The molecule has 0 heterocycles. The van der Waals surface area contributed by atoms with Crippen LogP contribution < -0.4 is 10.0 Å². The first kappa shape index (κ1) is 21.9. The van der Waals surface area contributed by atoms with Gasteiger partial charge in [0.1, 0.15) is 5.82 Å². The third kappa shape index (κ3) is 6.34. The summed E-state index contributed by atoms with van der Waals surface area (Å²) in [6.45, 7) is 10.3. The van der Waals surface area contributed by atoms with Crippen molar-refractivity contribution in [2.75, 3.05) is 4.72 Å². The highest BCUT2D eigenvalue weighted by Gasteiger charge is 2.27. The van der Waals surface area contributed by atoms with Gasteiger partial charge in [-0.25, -0.2) is 12.8 Å². The molecular formula is C21H27FN2O3S. The average Bonchev–Trinajstić information content (AvgIpc) is 2.52. The van der Waals surface area contributed by atoms with E-state index in [0.717, 1.165) is 18.6 Å². The average molecular weight is 407 g/mol. The van der Waals surface area contributed by atoms with Crippen LogP contribution >= 0.6 is 0 Å². The van der Waals surface area contributed by atoms with E-state index in [2.05, 4.69) is 30.8 Å². The molecule has 5 nitrogen and oxygen atoms in total. The van der Waals surface area contributed by atoms with Crippen LogP contribution in [0.25, 0.3) is 0 Å². The van der Waals surface area contributed by atoms with E-state index in [-0.39, 0.29) is 21.8 Å². The summed E-state index contributed by atoms with van der Waals surface area (Å²) in [5.41, 5.74) is 0.443. The highest BCUT2D eigenvalue weighted by Crippen LogP contribution is 2.27. The molecule has 0 aromatic heterocycles. The summed E-state index contributed by atoms with van der Waals surface area (Å²) in [6, 6.07) is 10.7. The minimum atomic E-state index is -3.83. The fourth-order valence-corrected chi connectivity index (χ4v) is 4.33. The summed E-state index contributed by atoms with van der Waals surface area (Å²) in [7, 11) is -3.83. The molecule has 0 aliphatic carbocycles. The van der Waals surface area contributed by atoms with E-state index < -0.39 is 15.8 Å². The van der Waals surface area contributed by atoms with E-state index >= 15 is 0 Å². The van der Waals surface area contributed by atoms with Crippen molar-refractivity contribution in [3.63, 3.8) is 0 Å². The molecule has 0 spiro atoms. The second-order valence-electron chi connectivity index (χ2n) is 8.71. The van der Waals surface area contributed by atoms with Crippen LogP contribution in [-0.4, -0.2) is 19.9 Å². The van der Waals surface area contributed by atoms with Gasteiger partial charge in [-0.1, -0.05) is 20.8 Å². The third-order valence-corrected chi connectivity index (χ3v) is 5.34. The number of anilines is 1. The van der Waals surface area contributed by atoms with Gasteiger partial charge in [-0.15, -0.1) is 0 Å². The summed E-state index contributed by atoms with van der Waals surface area (Å²) < 4.78 is 40.1. The molecule has 0 saturated carbocycles. The Kier molecular flexibility index (Phi) is 6.18. The van der Waals surface area contributed by atoms with Crippen molar-refractivity contribution in [1.29, 1.82) is 0 Å². The van der Waals surface area contributed by atoms with Crippen LogP contribution in [0.2, 0.25) is 0 Å². The van der Waals surface area contributed by atoms with E-state index in [0.29, 0.717) is 11.3 Å². The Morgan fingerprint density at radius 1 is 0.929 bits per heavy atom. The van der Waals surface area contributed by atoms with Gasteiger partial charge in [0.05, 0.1) is 4.90 Å². The lowest BCUT2D eigenvalue weighted by molar-refractivity contribution is 0.0891. The second-order valence-corrected chi connectivity index (χ2v) is 10.4. The van der Waals surface area contributed by atoms with Crippen LogP contribution in [0.15, 0.2) is 53.4 Å². The van der Waals surface area contributed by atoms with Gasteiger partial charge in [0.15, 0.2) is 0 Å². The van der Waals surface area contributed by atoms with Crippen molar-refractivity contribution >= 4 is 21.6 Å². The standard InChI is InChI=1S/C21H27FN2O3S/c1-20(2,3)14-21(4,5)23-19(25)15-6-10-17(11-7-15)24-28(26,27)18-12-8-16(22)9-13-18/h6-13,24H,14H2,1-5H3,(H,23,25). The zero-order valence-corrected chi connectivity index (χ0v) is 17.7. The Labute approximate surface area is 166 Å². The molecule has 0 saturated heterocycles. The maximum atomic E-state index is 13.0. The summed E-state index contributed by atoms with van der Waals surface area (Å²) in [4.78, 5) is 12.5. The minimum Gasteiger partial charge on any atom is -0.347 e. The van der Waals surface area contributed by atoms with Crippen molar-refractivity contribution in [1.82, 2.24) is 5.32 Å². The molecule has 0 fully saturated rings. The molecule has 0 bridgehead atoms. The normalized spacial score (nSPS) is 12.5. The first-order valence-electron chi connectivity index (χ1n) is 8.98. The van der Waals surface area contributed by atoms with E-state index in [9.17, 15) is 17.6 Å². The van der Waals surface area contributed by atoms with Crippen LogP contribution in [0.1, 0.15) is 51.4 Å². The Bertz CT molecular complexity index is 929. The smallest absolute Gasteiger partial charge is 0.261 e. The zero-order valence-electron chi connectivity index (χ0n) is 16.8. The molecule has 1 amide bonds. The predicted molar refractivity (Wildman–Crippen MR) is 109 cm³/mol. The number of sulfonamides is 1. The number of carbonyl (C=O) groups excluding carboxylic acids is 1. The number of carbonyl (C=O) groups is 1. The van der Waals surface area contributed by atoms with E-state index in [4.69, 9.17) is 0 Å². The minimum absolute atomic E-state index is 0.0420. The van der Waals surface area contributed by atoms with E-state index in [1.807, 2.05) is 13.8 Å². The van der Waals surface area contributed by atoms with Gasteiger partial charge in [-0.2, -0.15) is 0 Å². The van der Waals surface area contributed by atoms with Crippen LogP contribution in [0.3, 0.4) is 0 Å². The quantitative estimate of drug-likeness (QED) is 0.738. The lowest BCUT2D eigenvalue weighted by Gasteiger charge is -2.33. The molecule has 152 valence electrons. The van der Waals surface area contributed by atoms with Gasteiger partial charge in [-0.3, -0.25) is 9.52 Å². The lowest BCUT2D eigenvalue weighted by atomic mass is 9.81. The number of benzene rings is 2. The molecule has 28 heavy (non-hydrogen) atoms. The predicted octanol–water partition coefficient (Wildman–Crippen LogP) is 4.57. The van der Waals surface area contributed by atoms with Crippen molar-refractivity contribution in [3.05, 3.63) is 59.9 Å². The third-order valence-electron chi connectivity index (χ3n) is 3.95. The summed E-state index contributed by atoms with van der Waals surface area (Å²) in [5, 5.41) is 3.01. The first-order chi connectivity index (χ1) is 12.8. The molecule has 0 aliphatic rings. The van der Waals surface area contributed by atoms with Crippen LogP contribution in [0, 0.1) is 11.2 Å². The number of rotatable bonds is 6. The van der Waals surface area contributed by atoms with Crippen LogP contribution in [-0.2, 0) is 10.0 Å². The SMILES string of the molecule is CC(C)(C)CC(C)(C)NC(=O)c1ccc(NS(=O)(=O)c2ccc(F)cc2)cc1. The Balaban J connectivity index is 2.08. The number of hydrogen-bond donors (Lipinski definition) is 2. The van der Waals surface area contributed by atoms with Gasteiger partial charge in [0, 0.05) is 16.8 Å². The molecule has 7 heteroatoms. The van der Waals surface area contributed by atoms with Gasteiger partial charge < -0.3 is 5.32 Å². The first-order valence-corrected chi connectivity index (χ1v) is 10.5. The van der Waals surface area contributed by atoms with Gasteiger partial charge in [0.25, 0.3) is 15.9 Å². The fraction of sp³-hybridized carbons (Fsp3) is 0.381. The number of halogens is 1. The highest BCUT2D eigenvalue weighted by atomic mass is 32.2. The molecule has 2 N–H and O–H groups in total. The number of hydrogen-bond acceptors (Lipinski definition) is 3. The summed E-state index contributed by atoms with van der Waals surface area (Å²) in [6.07, 6.45) is 0.807. The Morgan fingerprint density at radius 3 is 1.96 bits per heavy atom. The monoisotopic (exact) mass is 406 g/mol. The van der Waals surface area contributed by atoms with Crippen LogP contribution in [0.4, 0.5) is 10.1 Å². The lowest BCUT2D eigenvalue weighted by Crippen LogP contribution is -2.45. The van der Waals surface area contributed by atoms with Crippen molar-refractivity contribution in [2.24, 2.45) is 5.41 Å². The van der Waals surface area contributed by atoms with E-state index in [1.54, 1.807) is 12.1 Å². The second kappa shape index (κ2) is 7.91. The van der Waals surface area contributed by atoms with Crippen molar-refractivity contribution in [3.8, 4) is 0 Å². The topological polar surface area (TPSA) is 75.3 Å². The molecule has 2 aromatic carbocycles. The Morgan fingerprint density at radius 2 is 1.46 bits per heavy atom. The molecule has 0 atom stereocenters. The largest absolute Gasteiger partial charge is 0.347 e. The van der Waals surface area contributed by atoms with Crippen molar-refractivity contribution < 1.29 is 17.6 Å². The van der Waals surface area contributed by atoms with E-state index in [1.165, 1.54) is 24.3 Å².